The molecule has 12 heteroatoms. The van der Waals surface area contributed by atoms with Crippen LogP contribution in [0.4, 0.5) is 13.2 Å². The molecule has 3 rings (SSSR count). The average Bonchev–Trinajstić information content (AvgIpc) is 2.84. The minimum Gasteiger partial charge on any atom is -0.497 e. The molecule has 0 saturated carbocycles. The fraction of sp³-hybridized carbons (Fsp3) is 0.167. The van der Waals surface area contributed by atoms with Gasteiger partial charge in [-0.2, -0.15) is 26.7 Å². The van der Waals surface area contributed by atoms with Crippen molar-refractivity contribution in [3.8, 4) is 17.2 Å². The van der Waals surface area contributed by atoms with Gasteiger partial charge in [-0.25, -0.2) is 5.43 Å². The lowest BCUT2D eigenvalue weighted by Gasteiger charge is -2.11. The summed E-state index contributed by atoms with van der Waals surface area (Å²) in [5, 5.41) is 3.84. The van der Waals surface area contributed by atoms with Gasteiger partial charge in [0, 0.05) is 17.2 Å². The van der Waals surface area contributed by atoms with E-state index in [4.69, 9.17) is 13.7 Å². The first kappa shape index (κ1) is 26.5. The average molecular weight is 523 g/mol. The predicted molar refractivity (Wildman–Crippen MR) is 125 cm³/mol. The molecule has 0 bridgehead atoms. The first-order chi connectivity index (χ1) is 17.0. The second-order valence-electron chi connectivity index (χ2n) is 7.25. The van der Waals surface area contributed by atoms with E-state index in [2.05, 4.69) is 10.5 Å². The third-order valence-electron chi connectivity index (χ3n) is 4.83. The van der Waals surface area contributed by atoms with Gasteiger partial charge in [0.05, 0.1) is 32.4 Å². The van der Waals surface area contributed by atoms with E-state index in [-0.39, 0.29) is 17.7 Å². The number of hydrazone groups is 1. The largest absolute Gasteiger partial charge is 0.497 e. The zero-order valence-corrected chi connectivity index (χ0v) is 19.9. The van der Waals surface area contributed by atoms with E-state index in [1.54, 1.807) is 24.3 Å². The number of rotatable bonds is 9. The number of hydrogen-bond donors (Lipinski definition) is 1. The number of nitrogens with one attached hydrogen (secondary N) is 1. The maximum Gasteiger partial charge on any atom is 0.416 e. The number of benzene rings is 3. The molecular formula is C24H21F3N2O6S. The van der Waals surface area contributed by atoms with Crippen LogP contribution in [-0.4, -0.2) is 34.8 Å². The van der Waals surface area contributed by atoms with Gasteiger partial charge in [0.1, 0.15) is 16.4 Å². The SMILES string of the molecule is COc1ccc(CC(=O)NN=Cc2ccccc2OS(=O)(=O)c2ccc(C(F)(F)F)cc2)c(OC)c1. The number of methoxy groups -OCH3 is 2. The standard InChI is InChI=1S/C24H21F3N2O6S/c1-33-19-10-7-16(22(14-19)34-2)13-23(30)29-28-15-17-5-3-4-6-21(17)35-36(31,32)20-11-8-18(9-12-20)24(25,26)27/h3-12,14-15H,13H2,1-2H3,(H,29,30). The number of halogens is 3. The molecule has 0 aliphatic carbocycles. The Morgan fingerprint density at radius 3 is 2.31 bits per heavy atom. The molecule has 1 N–H and O–H groups in total. The van der Waals surface area contributed by atoms with Crippen LogP contribution in [0.3, 0.4) is 0 Å². The Bertz CT molecular complexity index is 1360. The van der Waals surface area contributed by atoms with Crippen molar-refractivity contribution in [3.63, 3.8) is 0 Å². The normalized spacial score (nSPS) is 11.8. The van der Waals surface area contributed by atoms with E-state index in [0.29, 0.717) is 29.2 Å². The first-order valence-corrected chi connectivity index (χ1v) is 11.7. The minimum absolute atomic E-state index is 0.0506. The zero-order valence-electron chi connectivity index (χ0n) is 19.1. The Morgan fingerprint density at radius 2 is 1.67 bits per heavy atom. The summed E-state index contributed by atoms with van der Waals surface area (Å²) < 4.78 is 78.9. The number of nitrogens with zero attached hydrogens (tertiary/aromatic N) is 1. The highest BCUT2D eigenvalue weighted by Gasteiger charge is 2.31. The highest BCUT2D eigenvalue weighted by atomic mass is 32.2. The number of alkyl halides is 3. The monoisotopic (exact) mass is 522 g/mol. The summed E-state index contributed by atoms with van der Waals surface area (Å²) in [6, 6.07) is 13.8. The molecule has 190 valence electrons. The van der Waals surface area contributed by atoms with Crippen molar-refractivity contribution in [2.75, 3.05) is 14.2 Å². The number of hydrogen-bond acceptors (Lipinski definition) is 7. The van der Waals surface area contributed by atoms with E-state index in [1.807, 2.05) is 0 Å². The summed E-state index contributed by atoms with van der Waals surface area (Å²) in [6.07, 6.45) is -3.47. The van der Waals surface area contributed by atoms with E-state index in [9.17, 15) is 26.4 Å². The number of para-hydroxylation sites is 1. The Labute approximate surface area is 205 Å². The molecule has 0 aliphatic heterocycles. The van der Waals surface area contributed by atoms with Gasteiger partial charge in [0.2, 0.25) is 5.91 Å². The van der Waals surface area contributed by atoms with Gasteiger partial charge < -0.3 is 13.7 Å². The fourth-order valence-corrected chi connectivity index (χ4v) is 3.98. The maximum atomic E-state index is 12.7. The van der Waals surface area contributed by atoms with Crippen LogP contribution in [-0.2, 0) is 27.5 Å². The van der Waals surface area contributed by atoms with Gasteiger partial charge >= 0.3 is 16.3 Å². The van der Waals surface area contributed by atoms with Crippen molar-refractivity contribution in [2.45, 2.75) is 17.5 Å². The van der Waals surface area contributed by atoms with Crippen LogP contribution in [0.2, 0.25) is 0 Å². The molecule has 3 aromatic carbocycles. The molecule has 0 aliphatic rings. The number of ether oxygens (including phenoxy) is 2. The van der Waals surface area contributed by atoms with E-state index in [1.165, 1.54) is 38.6 Å². The van der Waals surface area contributed by atoms with Crippen molar-refractivity contribution in [1.29, 1.82) is 0 Å². The Hall–Kier alpha value is -4.06. The van der Waals surface area contributed by atoms with E-state index < -0.39 is 32.7 Å². The highest BCUT2D eigenvalue weighted by Crippen LogP contribution is 2.30. The molecule has 36 heavy (non-hydrogen) atoms. The molecule has 0 aromatic heterocycles. The summed E-state index contributed by atoms with van der Waals surface area (Å²) in [7, 11) is -1.47. The molecule has 0 fully saturated rings. The van der Waals surface area contributed by atoms with Crippen molar-refractivity contribution in [2.24, 2.45) is 5.10 Å². The van der Waals surface area contributed by atoms with Crippen molar-refractivity contribution >= 4 is 22.2 Å². The summed E-state index contributed by atoms with van der Waals surface area (Å²) in [5.74, 6) is 0.426. The summed E-state index contributed by atoms with van der Waals surface area (Å²) >= 11 is 0. The molecule has 0 spiro atoms. The van der Waals surface area contributed by atoms with Gasteiger partial charge in [0.25, 0.3) is 0 Å². The number of amides is 1. The van der Waals surface area contributed by atoms with Gasteiger partial charge in [-0.05, 0) is 42.5 Å². The Kier molecular flexibility index (Phi) is 8.20. The summed E-state index contributed by atoms with van der Waals surface area (Å²) in [5.41, 5.74) is 2.14. The second kappa shape index (κ2) is 11.1. The van der Waals surface area contributed by atoms with Crippen LogP contribution >= 0.6 is 0 Å². The number of carbonyl (C=O) groups is 1. The van der Waals surface area contributed by atoms with Crippen LogP contribution in [0.1, 0.15) is 16.7 Å². The number of carbonyl (C=O) groups excluding carboxylic acids is 1. The topological polar surface area (TPSA) is 103 Å². The molecule has 0 unspecified atom stereocenters. The molecule has 3 aromatic rings. The lowest BCUT2D eigenvalue weighted by Crippen LogP contribution is -2.20. The summed E-state index contributed by atoms with van der Waals surface area (Å²) in [4.78, 5) is 11.8. The zero-order chi connectivity index (χ0) is 26.3. The highest BCUT2D eigenvalue weighted by molar-refractivity contribution is 7.87. The molecule has 1 amide bonds. The second-order valence-corrected chi connectivity index (χ2v) is 8.79. The third-order valence-corrected chi connectivity index (χ3v) is 6.08. The van der Waals surface area contributed by atoms with Gasteiger partial charge in [0.15, 0.2) is 5.75 Å². The van der Waals surface area contributed by atoms with Gasteiger partial charge in [-0.1, -0.05) is 18.2 Å². The molecule has 0 atom stereocenters. The minimum atomic E-state index is -4.60. The van der Waals surface area contributed by atoms with Crippen molar-refractivity contribution in [1.82, 2.24) is 5.43 Å². The Balaban J connectivity index is 1.70. The van der Waals surface area contributed by atoms with Gasteiger partial charge in [-0.15, -0.1) is 0 Å². The van der Waals surface area contributed by atoms with E-state index >= 15 is 0 Å². The molecule has 8 nitrogen and oxygen atoms in total. The summed E-state index contributed by atoms with van der Waals surface area (Å²) in [6.45, 7) is 0. The third kappa shape index (κ3) is 6.75. The van der Waals surface area contributed by atoms with Crippen molar-refractivity contribution in [3.05, 3.63) is 83.4 Å². The Morgan fingerprint density at radius 1 is 0.972 bits per heavy atom. The fourth-order valence-electron chi connectivity index (χ4n) is 3.02. The molecule has 0 saturated heterocycles. The molecular weight excluding hydrogens is 501 g/mol. The van der Waals surface area contributed by atoms with Crippen LogP contribution in [0.15, 0.2) is 76.7 Å². The predicted octanol–water partition coefficient (Wildman–Crippen LogP) is 4.18. The van der Waals surface area contributed by atoms with Crippen LogP contribution in [0.5, 0.6) is 17.2 Å². The van der Waals surface area contributed by atoms with E-state index in [0.717, 1.165) is 12.1 Å². The van der Waals surface area contributed by atoms with Crippen LogP contribution < -0.4 is 19.1 Å². The van der Waals surface area contributed by atoms with Crippen LogP contribution in [0.25, 0.3) is 0 Å². The lowest BCUT2D eigenvalue weighted by atomic mass is 10.1. The maximum absolute atomic E-state index is 12.7. The van der Waals surface area contributed by atoms with Crippen molar-refractivity contribution < 1.29 is 40.0 Å². The molecule has 0 radical (unpaired) electrons. The van der Waals surface area contributed by atoms with Crippen LogP contribution in [0, 0.1) is 0 Å². The van der Waals surface area contributed by atoms with Gasteiger partial charge in [-0.3, -0.25) is 4.79 Å². The quantitative estimate of drug-likeness (QED) is 0.257. The molecule has 0 heterocycles. The smallest absolute Gasteiger partial charge is 0.416 e. The first-order valence-electron chi connectivity index (χ1n) is 10.3. The lowest BCUT2D eigenvalue weighted by molar-refractivity contribution is -0.137.